The number of carbonyl (C=O) groups excluding carboxylic acids is 1. The van der Waals surface area contributed by atoms with Gasteiger partial charge in [-0.2, -0.15) is 0 Å². The van der Waals surface area contributed by atoms with Crippen LogP contribution in [0.25, 0.3) is 0 Å². The highest BCUT2D eigenvalue weighted by Gasteiger charge is 2.38. The van der Waals surface area contributed by atoms with Crippen LogP contribution in [0.15, 0.2) is 0 Å². The number of hydrogen-bond donors (Lipinski definition) is 1. The van der Waals surface area contributed by atoms with Gasteiger partial charge in [0.25, 0.3) is 0 Å². The first-order chi connectivity index (χ1) is 11.8. The number of nitrogens with one attached hydrogen (secondary N) is 1. The van der Waals surface area contributed by atoms with E-state index in [0.717, 1.165) is 32.5 Å². The molecular formula is C18H36N2O5. The van der Waals surface area contributed by atoms with Crippen molar-refractivity contribution in [2.45, 2.75) is 39.2 Å². The van der Waals surface area contributed by atoms with E-state index in [1.807, 2.05) is 25.7 Å². The molecule has 0 aliphatic carbocycles. The topological polar surface area (TPSA) is 69.3 Å². The van der Waals surface area contributed by atoms with Crippen molar-refractivity contribution < 1.29 is 23.7 Å². The van der Waals surface area contributed by atoms with Crippen molar-refractivity contribution in [3.63, 3.8) is 0 Å². The largest absolute Gasteiger partial charge is 0.444 e. The molecule has 0 spiro atoms. The Kier molecular flexibility index (Phi) is 9.71. The minimum atomic E-state index is -0.476. The van der Waals surface area contributed by atoms with Crippen molar-refractivity contribution in [1.82, 2.24) is 10.2 Å². The molecule has 148 valence electrons. The van der Waals surface area contributed by atoms with Crippen molar-refractivity contribution in [1.29, 1.82) is 0 Å². The van der Waals surface area contributed by atoms with Gasteiger partial charge in [-0.15, -0.1) is 0 Å². The second-order valence-corrected chi connectivity index (χ2v) is 7.72. The lowest BCUT2D eigenvalue weighted by atomic mass is 9.80. The van der Waals surface area contributed by atoms with E-state index in [-0.39, 0.29) is 11.5 Å². The molecule has 25 heavy (non-hydrogen) atoms. The van der Waals surface area contributed by atoms with Crippen molar-refractivity contribution in [2.75, 3.05) is 66.8 Å². The van der Waals surface area contributed by atoms with Crippen LogP contribution in [0.1, 0.15) is 33.6 Å². The molecule has 7 heteroatoms. The maximum Gasteiger partial charge on any atom is 0.410 e. The molecule has 1 atom stereocenters. The summed E-state index contributed by atoms with van der Waals surface area (Å²) in [7, 11) is 3.37. The first kappa shape index (κ1) is 22.2. The molecular weight excluding hydrogens is 324 g/mol. The van der Waals surface area contributed by atoms with Crippen LogP contribution in [-0.4, -0.2) is 83.4 Å². The molecule has 0 aromatic heterocycles. The Morgan fingerprint density at radius 2 is 1.92 bits per heavy atom. The van der Waals surface area contributed by atoms with Crippen molar-refractivity contribution in [3.05, 3.63) is 0 Å². The molecule has 1 heterocycles. The third-order valence-electron chi connectivity index (χ3n) is 4.12. The summed E-state index contributed by atoms with van der Waals surface area (Å²) in [5.41, 5.74) is -0.563. The number of ether oxygens (including phenoxy) is 4. The number of hydrogen-bond acceptors (Lipinski definition) is 6. The zero-order chi connectivity index (χ0) is 18.8. The number of piperidine rings is 1. The minimum Gasteiger partial charge on any atom is -0.444 e. The molecule has 1 N–H and O–H groups in total. The van der Waals surface area contributed by atoms with Gasteiger partial charge in [-0.3, -0.25) is 0 Å². The van der Waals surface area contributed by atoms with Crippen LogP contribution in [0.2, 0.25) is 0 Å². The van der Waals surface area contributed by atoms with Gasteiger partial charge in [0.15, 0.2) is 0 Å². The molecule has 1 rings (SSSR count). The minimum absolute atomic E-state index is 0.0869. The summed E-state index contributed by atoms with van der Waals surface area (Å²) >= 11 is 0. The Labute approximate surface area is 152 Å². The molecule has 1 unspecified atom stereocenters. The van der Waals surface area contributed by atoms with Crippen molar-refractivity contribution in [2.24, 2.45) is 5.41 Å². The second-order valence-electron chi connectivity index (χ2n) is 7.72. The number of nitrogens with zero attached hydrogens (tertiary/aromatic N) is 1. The summed E-state index contributed by atoms with van der Waals surface area (Å²) in [6.07, 6.45) is 1.74. The van der Waals surface area contributed by atoms with Gasteiger partial charge in [-0.1, -0.05) is 0 Å². The van der Waals surface area contributed by atoms with Crippen LogP contribution in [-0.2, 0) is 18.9 Å². The zero-order valence-electron chi connectivity index (χ0n) is 16.6. The fourth-order valence-corrected chi connectivity index (χ4v) is 3.05. The summed E-state index contributed by atoms with van der Waals surface area (Å²) in [6.45, 7) is 11.1. The van der Waals surface area contributed by atoms with E-state index >= 15 is 0 Å². The zero-order valence-corrected chi connectivity index (χ0v) is 16.6. The summed E-state index contributed by atoms with van der Waals surface area (Å²) in [5, 5.41) is 3.44. The molecule has 7 nitrogen and oxygen atoms in total. The molecule has 0 aromatic carbocycles. The van der Waals surface area contributed by atoms with Gasteiger partial charge in [0.1, 0.15) is 5.60 Å². The molecule has 0 radical (unpaired) electrons. The number of methoxy groups -OCH3 is 2. The maximum absolute atomic E-state index is 12.4. The summed E-state index contributed by atoms with van der Waals surface area (Å²) in [5.74, 6) is 0. The highest BCUT2D eigenvalue weighted by Crippen LogP contribution is 2.30. The second kappa shape index (κ2) is 11.0. The van der Waals surface area contributed by atoms with Crippen molar-refractivity contribution in [3.8, 4) is 0 Å². The number of amides is 1. The Morgan fingerprint density at radius 3 is 2.56 bits per heavy atom. The fourth-order valence-electron chi connectivity index (χ4n) is 3.05. The summed E-state index contributed by atoms with van der Waals surface area (Å²) in [4.78, 5) is 14.2. The van der Waals surface area contributed by atoms with Crippen LogP contribution >= 0.6 is 0 Å². The lowest BCUT2D eigenvalue weighted by molar-refractivity contribution is -0.0160. The van der Waals surface area contributed by atoms with Crippen LogP contribution < -0.4 is 5.32 Å². The Morgan fingerprint density at radius 1 is 1.16 bits per heavy atom. The van der Waals surface area contributed by atoms with Gasteiger partial charge in [0.2, 0.25) is 0 Å². The van der Waals surface area contributed by atoms with Gasteiger partial charge in [0.05, 0.1) is 26.4 Å². The van der Waals surface area contributed by atoms with Gasteiger partial charge < -0.3 is 29.2 Å². The van der Waals surface area contributed by atoms with Crippen LogP contribution in [0.4, 0.5) is 4.79 Å². The van der Waals surface area contributed by atoms with Crippen LogP contribution in [0.5, 0.6) is 0 Å². The first-order valence-corrected chi connectivity index (χ1v) is 9.06. The molecule has 1 aliphatic heterocycles. The quantitative estimate of drug-likeness (QED) is 0.600. The third-order valence-corrected chi connectivity index (χ3v) is 4.12. The fraction of sp³-hybridized carbons (Fsp3) is 0.944. The molecule has 0 bridgehead atoms. The van der Waals surface area contributed by atoms with Gasteiger partial charge >= 0.3 is 6.09 Å². The van der Waals surface area contributed by atoms with E-state index in [1.165, 1.54) is 0 Å². The standard InChI is InChI=1S/C18H36N2O5/c1-17(2,3)25-16(21)20-9-6-7-18(14-20,15-23-5)13-19-8-10-24-12-11-22-4/h19H,6-15H2,1-5H3. The van der Waals surface area contributed by atoms with E-state index < -0.39 is 5.60 Å². The Hall–Kier alpha value is -0.890. The lowest BCUT2D eigenvalue weighted by Gasteiger charge is -2.42. The highest BCUT2D eigenvalue weighted by molar-refractivity contribution is 5.68. The lowest BCUT2D eigenvalue weighted by Crippen LogP contribution is -2.53. The van der Waals surface area contributed by atoms with Crippen LogP contribution in [0, 0.1) is 5.41 Å². The van der Waals surface area contributed by atoms with Gasteiger partial charge in [0, 0.05) is 45.8 Å². The maximum atomic E-state index is 12.4. The molecule has 1 amide bonds. The number of carbonyl (C=O) groups is 1. The van der Waals surface area contributed by atoms with E-state index in [9.17, 15) is 4.79 Å². The molecule has 1 fully saturated rings. The van der Waals surface area contributed by atoms with Gasteiger partial charge in [-0.25, -0.2) is 4.79 Å². The summed E-state index contributed by atoms with van der Waals surface area (Å²) < 4.78 is 21.4. The number of rotatable bonds is 10. The first-order valence-electron chi connectivity index (χ1n) is 9.06. The predicted molar refractivity (Wildman–Crippen MR) is 96.9 cm³/mol. The van der Waals surface area contributed by atoms with E-state index in [0.29, 0.717) is 33.0 Å². The SMILES string of the molecule is COCCOCCNCC1(COC)CCCN(C(=O)OC(C)(C)C)C1. The molecule has 1 aliphatic rings. The average molecular weight is 360 g/mol. The average Bonchev–Trinajstić information content (AvgIpc) is 2.53. The number of likely N-dealkylation sites (tertiary alicyclic amines) is 1. The van der Waals surface area contributed by atoms with E-state index in [1.54, 1.807) is 14.2 Å². The molecule has 0 saturated carbocycles. The van der Waals surface area contributed by atoms with Gasteiger partial charge in [-0.05, 0) is 33.6 Å². The van der Waals surface area contributed by atoms with E-state index in [2.05, 4.69) is 5.32 Å². The Balaban J connectivity index is 2.48. The molecule has 1 saturated heterocycles. The normalized spacial score (nSPS) is 21.4. The summed E-state index contributed by atoms with van der Waals surface area (Å²) in [6, 6.07) is 0. The van der Waals surface area contributed by atoms with Crippen molar-refractivity contribution >= 4 is 6.09 Å². The smallest absolute Gasteiger partial charge is 0.410 e. The molecule has 0 aromatic rings. The predicted octanol–water partition coefficient (Wildman–Crippen LogP) is 1.90. The Bertz CT molecular complexity index is 382. The van der Waals surface area contributed by atoms with Crippen LogP contribution in [0.3, 0.4) is 0 Å². The third kappa shape index (κ3) is 8.85. The highest BCUT2D eigenvalue weighted by atomic mass is 16.6. The van der Waals surface area contributed by atoms with E-state index in [4.69, 9.17) is 18.9 Å². The monoisotopic (exact) mass is 360 g/mol.